The Hall–Kier alpha value is -1.10. The predicted molar refractivity (Wildman–Crippen MR) is 55.3 cm³/mol. The molecule has 5 heteroatoms. The fraction of sp³-hybridized carbons (Fsp3) is 0.800. The Morgan fingerprint density at radius 3 is 2.93 bits per heavy atom. The van der Waals surface area contributed by atoms with E-state index in [2.05, 4.69) is 16.0 Å². The van der Waals surface area contributed by atoms with Crippen molar-refractivity contribution in [3.05, 3.63) is 0 Å². The minimum Gasteiger partial charge on any atom is -0.323 e. The summed E-state index contributed by atoms with van der Waals surface area (Å²) in [4.78, 5) is 22.9. The van der Waals surface area contributed by atoms with Crippen LogP contribution >= 0.6 is 0 Å². The molecule has 2 aliphatic rings. The van der Waals surface area contributed by atoms with Crippen LogP contribution in [0.25, 0.3) is 0 Å². The summed E-state index contributed by atoms with van der Waals surface area (Å²) in [5.41, 5.74) is -0.626. The van der Waals surface area contributed by atoms with E-state index in [9.17, 15) is 9.59 Å². The van der Waals surface area contributed by atoms with Gasteiger partial charge in [0.15, 0.2) is 0 Å². The van der Waals surface area contributed by atoms with Gasteiger partial charge in [0.2, 0.25) is 0 Å². The van der Waals surface area contributed by atoms with Crippen LogP contribution in [0.2, 0.25) is 0 Å². The maximum absolute atomic E-state index is 11.8. The van der Waals surface area contributed by atoms with Gasteiger partial charge >= 0.3 is 6.03 Å². The molecule has 2 rings (SSSR count). The zero-order valence-electron chi connectivity index (χ0n) is 8.93. The summed E-state index contributed by atoms with van der Waals surface area (Å²) < 4.78 is 0. The van der Waals surface area contributed by atoms with Crippen LogP contribution in [0, 0.1) is 5.92 Å². The van der Waals surface area contributed by atoms with Gasteiger partial charge in [-0.3, -0.25) is 10.1 Å². The Morgan fingerprint density at radius 2 is 2.33 bits per heavy atom. The van der Waals surface area contributed by atoms with Crippen LogP contribution in [-0.4, -0.2) is 30.6 Å². The number of urea groups is 1. The fourth-order valence-electron chi connectivity index (χ4n) is 2.64. The number of rotatable bonds is 3. The van der Waals surface area contributed by atoms with Crippen LogP contribution in [0.4, 0.5) is 4.79 Å². The molecule has 0 radical (unpaired) electrons. The molecule has 1 heterocycles. The Bertz CT molecular complexity index is 292. The number of carbonyl (C=O) groups excluding carboxylic acids is 2. The van der Waals surface area contributed by atoms with Gasteiger partial charge in [-0.25, -0.2) is 4.79 Å². The van der Waals surface area contributed by atoms with E-state index in [4.69, 9.17) is 0 Å². The second-order valence-electron chi connectivity index (χ2n) is 4.28. The second kappa shape index (κ2) is 3.81. The van der Waals surface area contributed by atoms with E-state index in [1.54, 1.807) is 0 Å². The van der Waals surface area contributed by atoms with Crippen molar-refractivity contribution < 1.29 is 9.59 Å². The number of hydrogen-bond donors (Lipinski definition) is 3. The highest BCUT2D eigenvalue weighted by atomic mass is 16.2. The molecule has 1 spiro atoms. The lowest BCUT2D eigenvalue weighted by Crippen LogP contribution is -2.52. The van der Waals surface area contributed by atoms with Gasteiger partial charge in [0.25, 0.3) is 5.91 Å². The summed E-state index contributed by atoms with van der Waals surface area (Å²) in [7, 11) is 0. The van der Waals surface area contributed by atoms with E-state index >= 15 is 0 Å². The van der Waals surface area contributed by atoms with E-state index in [0.29, 0.717) is 0 Å². The van der Waals surface area contributed by atoms with Crippen LogP contribution in [-0.2, 0) is 4.79 Å². The van der Waals surface area contributed by atoms with Gasteiger partial charge in [0, 0.05) is 12.5 Å². The number of carbonyl (C=O) groups is 2. The van der Waals surface area contributed by atoms with Gasteiger partial charge < -0.3 is 10.6 Å². The van der Waals surface area contributed by atoms with E-state index in [1.165, 1.54) is 0 Å². The van der Waals surface area contributed by atoms with Gasteiger partial charge in [-0.15, -0.1) is 0 Å². The van der Waals surface area contributed by atoms with Crippen LogP contribution < -0.4 is 16.0 Å². The molecular weight excluding hydrogens is 194 g/mol. The Balaban J connectivity index is 2.11. The summed E-state index contributed by atoms with van der Waals surface area (Å²) in [5.74, 6) is 0.0804. The highest BCUT2D eigenvalue weighted by molar-refractivity contribution is 6.07. The maximum atomic E-state index is 11.8. The van der Waals surface area contributed by atoms with Gasteiger partial charge in [-0.2, -0.15) is 0 Å². The molecule has 15 heavy (non-hydrogen) atoms. The molecule has 1 saturated carbocycles. The molecule has 2 unspecified atom stereocenters. The molecule has 0 aromatic rings. The number of nitrogens with one attached hydrogen (secondary N) is 3. The van der Waals surface area contributed by atoms with E-state index < -0.39 is 5.54 Å². The molecule has 84 valence electrons. The maximum Gasteiger partial charge on any atom is 0.322 e. The van der Waals surface area contributed by atoms with Crippen LogP contribution in [0.5, 0.6) is 0 Å². The summed E-state index contributed by atoms with van der Waals surface area (Å²) in [5, 5.41) is 8.38. The minimum atomic E-state index is -0.626. The molecule has 0 aromatic carbocycles. The zero-order valence-corrected chi connectivity index (χ0v) is 8.93. The third-order valence-electron chi connectivity index (χ3n) is 3.43. The SMILES string of the molecule is CCNCC1CCCC12NC(=O)NC2=O. The van der Waals surface area contributed by atoms with E-state index in [0.717, 1.165) is 32.4 Å². The Morgan fingerprint density at radius 1 is 1.53 bits per heavy atom. The summed E-state index contributed by atoms with van der Waals surface area (Å²) >= 11 is 0. The molecule has 1 aliphatic carbocycles. The highest BCUT2D eigenvalue weighted by Crippen LogP contribution is 2.37. The summed E-state index contributed by atoms with van der Waals surface area (Å²) in [6, 6.07) is -0.344. The average Bonchev–Trinajstić information content (AvgIpc) is 2.70. The fourth-order valence-corrected chi connectivity index (χ4v) is 2.64. The van der Waals surface area contributed by atoms with E-state index in [-0.39, 0.29) is 17.9 Å². The number of imide groups is 1. The second-order valence-corrected chi connectivity index (χ2v) is 4.28. The molecular formula is C10H17N3O2. The van der Waals surface area contributed by atoms with Crippen molar-refractivity contribution in [2.24, 2.45) is 5.92 Å². The van der Waals surface area contributed by atoms with Crippen molar-refractivity contribution in [1.29, 1.82) is 0 Å². The first kappa shape index (κ1) is 10.4. The molecule has 2 atom stereocenters. The molecule has 3 N–H and O–H groups in total. The molecule has 5 nitrogen and oxygen atoms in total. The van der Waals surface area contributed by atoms with Crippen molar-refractivity contribution in [2.45, 2.75) is 31.7 Å². The lowest BCUT2D eigenvalue weighted by atomic mass is 9.87. The standard InChI is InChI=1S/C10H17N3O2/c1-2-11-6-7-4-3-5-10(7)8(14)12-9(15)13-10/h7,11H,2-6H2,1H3,(H2,12,13,14,15). The first-order valence-corrected chi connectivity index (χ1v) is 5.53. The third kappa shape index (κ3) is 1.61. The molecule has 0 aromatic heterocycles. The monoisotopic (exact) mass is 211 g/mol. The molecule has 1 aliphatic heterocycles. The van der Waals surface area contributed by atoms with Gasteiger partial charge in [0.1, 0.15) is 5.54 Å². The van der Waals surface area contributed by atoms with Gasteiger partial charge in [-0.1, -0.05) is 13.3 Å². The first-order chi connectivity index (χ1) is 7.19. The number of amides is 3. The largest absolute Gasteiger partial charge is 0.323 e. The minimum absolute atomic E-state index is 0.145. The molecule has 0 bridgehead atoms. The Kier molecular flexibility index (Phi) is 2.65. The summed E-state index contributed by atoms with van der Waals surface area (Å²) in [6.45, 7) is 3.72. The average molecular weight is 211 g/mol. The van der Waals surface area contributed by atoms with Crippen molar-refractivity contribution >= 4 is 11.9 Å². The number of hydrogen-bond acceptors (Lipinski definition) is 3. The summed E-state index contributed by atoms with van der Waals surface area (Å²) in [6.07, 6.45) is 2.77. The smallest absolute Gasteiger partial charge is 0.322 e. The zero-order chi connectivity index (χ0) is 10.9. The van der Waals surface area contributed by atoms with Crippen LogP contribution in [0.1, 0.15) is 26.2 Å². The van der Waals surface area contributed by atoms with Crippen molar-refractivity contribution in [2.75, 3.05) is 13.1 Å². The first-order valence-electron chi connectivity index (χ1n) is 5.53. The van der Waals surface area contributed by atoms with Crippen LogP contribution in [0.3, 0.4) is 0 Å². The highest BCUT2D eigenvalue weighted by Gasteiger charge is 2.53. The van der Waals surface area contributed by atoms with E-state index in [1.807, 2.05) is 6.92 Å². The molecule has 1 saturated heterocycles. The topological polar surface area (TPSA) is 70.2 Å². The lowest BCUT2D eigenvalue weighted by Gasteiger charge is -2.28. The molecule has 2 fully saturated rings. The molecule has 3 amide bonds. The van der Waals surface area contributed by atoms with Crippen molar-refractivity contribution in [1.82, 2.24) is 16.0 Å². The van der Waals surface area contributed by atoms with Crippen molar-refractivity contribution in [3.63, 3.8) is 0 Å². The predicted octanol–water partition coefficient (Wildman–Crippen LogP) is -0.0258. The quantitative estimate of drug-likeness (QED) is 0.574. The van der Waals surface area contributed by atoms with Gasteiger partial charge in [0.05, 0.1) is 0 Å². The lowest BCUT2D eigenvalue weighted by molar-refractivity contribution is -0.125. The van der Waals surface area contributed by atoms with Crippen molar-refractivity contribution in [3.8, 4) is 0 Å². The van der Waals surface area contributed by atoms with Crippen LogP contribution in [0.15, 0.2) is 0 Å². The normalized spacial score (nSPS) is 34.6. The van der Waals surface area contributed by atoms with Gasteiger partial charge in [-0.05, 0) is 19.4 Å². The third-order valence-corrected chi connectivity index (χ3v) is 3.43. The Labute approximate surface area is 89.0 Å².